The van der Waals surface area contributed by atoms with E-state index in [2.05, 4.69) is 17.2 Å². The van der Waals surface area contributed by atoms with Crippen LogP contribution < -0.4 is 0 Å². The lowest BCUT2D eigenvalue weighted by molar-refractivity contribution is 0.527. The number of nitrogens with zero attached hydrogens (tertiary/aromatic N) is 3. The van der Waals surface area contributed by atoms with Crippen LogP contribution in [0.3, 0.4) is 0 Å². The van der Waals surface area contributed by atoms with E-state index in [1.807, 2.05) is 6.92 Å². The van der Waals surface area contributed by atoms with Crippen LogP contribution in [-0.2, 0) is 13.0 Å². The normalized spacial score (nSPS) is 10.7. The second-order valence-corrected chi connectivity index (χ2v) is 3.15. The Morgan fingerprint density at radius 3 is 2.69 bits per heavy atom. The average Bonchev–Trinajstić information content (AvgIpc) is 2.46. The fourth-order valence-corrected chi connectivity index (χ4v) is 1.27. The molecule has 1 rings (SSSR count). The zero-order valence-electron chi connectivity index (χ0n) is 8.26. The molecule has 0 unspecified atom stereocenters. The first kappa shape index (κ1) is 10.2. The van der Waals surface area contributed by atoms with E-state index in [0.717, 1.165) is 32.2 Å². The van der Waals surface area contributed by atoms with Crippen molar-refractivity contribution in [2.45, 2.75) is 46.1 Å². The van der Waals surface area contributed by atoms with Crippen LogP contribution in [0, 0.1) is 5.95 Å². The van der Waals surface area contributed by atoms with Crippen LogP contribution in [0.1, 0.15) is 38.8 Å². The smallest absolute Gasteiger partial charge is 0.246 e. The highest BCUT2D eigenvalue weighted by molar-refractivity contribution is 4.97. The van der Waals surface area contributed by atoms with Gasteiger partial charge in [-0.1, -0.05) is 37.0 Å². The van der Waals surface area contributed by atoms with E-state index < -0.39 is 5.95 Å². The maximum absolute atomic E-state index is 13.0. The Bertz CT molecular complexity index is 257. The zero-order chi connectivity index (χ0) is 9.68. The Morgan fingerprint density at radius 2 is 2.08 bits per heavy atom. The molecule has 0 fully saturated rings. The van der Waals surface area contributed by atoms with Crippen molar-refractivity contribution in [3.05, 3.63) is 11.6 Å². The highest BCUT2D eigenvalue weighted by Crippen LogP contribution is 2.07. The fourth-order valence-electron chi connectivity index (χ4n) is 1.27. The minimum atomic E-state index is -0.405. The highest BCUT2D eigenvalue weighted by Gasteiger charge is 2.10. The third-order valence-corrected chi connectivity index (χ3v) is 2.00. The zero-order valence-corrected chi connectivity index (χ0v) is 8.26. The van der Waals surface area contributed by atoms with Gasteiger partial charge in [-0.25, -0.2) is 4.68 Å². The molecule has 0 spiro atoms. The highest BCUT2D eigenvalue weighted by atomic mass is 19.1. The van der Waals surface area contributed by atoms with Crippen LogP contribution in [-0.4, -0.2) is 15.0 Å². The van der Waals surface area contributed by atoms with E-state index in [4.69, 9.17) is 0 Å². The first-order valence-corrected chi connectivity index (χ1v) is 4.87. The Kier molecular flexibility index (Phi) is 3.86. The summed E-state index contributed by atoms with van der Waals surface area (Å²) in [7, 11) is 0. The van der Waals surface area contributed by atoms with E-state index >= 15 is 0 Å². The van der Waals surface area contributed by atoms with Gasteiger partial charge < -0.3 is 0 Å². The fraction of sp³-hybridized carbons (Fsp3) is 0.778. The third-order valence-electron chi connectivity index (χ3n) is 2.00. The number of halogens is 1. The predicted octanol–water partition coefficient (Wildman–Crippen LogP) is 2.17. The molecular formula is C9H16FN3. The van der Waals surface area contributed by atoms with Gasteiger partial charge in [0, 0.05) is 6.54 Å². The van der Waals surface area contributed by atoms with Crippen molar-refractivity contribution >= 4 is 0 Å². The van der Waals surface area contributed by atoms with Crippen LogP contribution in [0.5, 0.6) is 0 Å². The molecule has 0 bridgehead atoms. The van der Waals surface area contributed by atoms with Crippen LogP contribution >= 0.6 is 0 Å². The molecule has 1 aromatic rings. The molecule has 0 aromatic carbocycles. The second-order valence-electron chi connectivity index (χ2n) is 3.15. The predicted molar refractivity (Wildman–Crippen MR) is 48.9 cm³/mol. The van der Waals surface area contributed by atoms with Crippen molar-refractivity contribution in [3.8, 4) is 0 Å². The largest absolute Gasteiger partial charge is 0.255 e. The number of unbranched alkanes of at least 4 members (excludes halogenated alkanes) is 1. The van der Waals surface area contributed by atoms with Gasteiger partial charge in [0.2, 0.25) is 0 Å². The molecule has 0 aliphatic carbocycles. The number of aromatic nitrogens is 3. The van der Waals surface area contributed by atoms with E-state index in [1.165, 1.54) is 0 Å². The van der Waals surface area contributed by atoms with Crippen molar-refractivity contribution in [3.63, 3.8) is 0 Å². The lowest BCUT2D eigenvalue weighted by atomic mass is 10.2. The van der Waals surface area contributed by atoms with Gasteiger partial charge in [0.25, 0.3) is 5.95 Å². The summed E-state index contributed by atoms with van der Waals surface area (Å²) in [6.45, 7) is 4.91. The van der Waals surface area contributed by atoms with Crippen LogP contribution in [0.4, 0.5) is 4.39 Å². The van der Waals surface area contributed by atoms with Gasteiger partial charge in [0.05, 0.1) is 5.69 Å². The number of hydrogen-bond acceptors (Lipinski definition) is 2. The number of rotatable bonds is 5. The molecule has 0 aliphatic rings. The summed E-state index contributed by atoms with van der Waals surface area (Å²) in [6, 6.07) is 0. The summed E-state index contributed by atoms with van der Waals surface area (Å²) < 4.78 is 14.7. The van der Waals surface area contributed by atoms with E-state index in [0.29, 0.717) is 5.69 Å². The topological polar surface area (TPSA) is 30.7 Å². The van der Waals surface area contributed by atoms with Gasteiger partial charge in [-0.2, -0.15) is 4.39 Å². The monoisotopic (exact) mass is 185 g/mol. The Morgan fingerprint density at radius 1 is 1.31 bits per heavy atom. The Labute approximate surface area is 77.9 Å². The molecular weight excluding hydrogens is 169 g/mol. The van der Waals surface area contributed by atoms with Gasteiger partial charge in [-0.05, 0) is 12.8 Å². The molecule has 0 saturated carbocycles. The van der Waals surface area contributed by atoms with Crippen molar-refractivity contribution in [1.82, 2.24) is 15.0 Å². The Hall–Kier alpha value is -0.930. The number of hydrogen-bond donors (Lipinski definition) is 0. The first-order valence-electron chi connectivity index (χ1n) is 4.87. The molecule has 0 atom stereocenters. The molecule has 3 nitrogen and oxygen atoms in total. The summed E-state index contributed by atoms with van der Waals surface area (Å²) in [5.41, 5.74) is 0.649. The summed E-state index contributed by atoms with van der Waals surface area (Å²) in [4.78, 5) is 0. The molecule has 0 amide bonds. The summed E-state index contributed by atoms with van der Waals surface area (Å²) >= 11 is 0. The molecule has 0 saturated heterocycles. The van der Waals surface area contributed by atoms with Gasteiger partial charge in [-0.15, -0.1) is 0 Å². The van der Waals surface area contributed by atoms with E-state index in [1.54, 1.807) is 4.68 Å². The van der Waals surface area contributed by atoms with Crippen LogP contribution in [0.2, 0.25) is 0 Å². The third kappa shape index (κ3) is 2.50. The molecule has 1 aromatic heterocycles. The summed E-state index contributed by atoms with van der Waals surface area (Å²) in [5.74, 6) is -0.405. The SMILES string of the molecule is CCCCn1nnc(F)c1CCC. The van der Waals surface area contributed by atoms with Crippen molar-refractivity contribution in [2.24, 2.45) is 0 Å². The van der Waals surface area contributed by atoms with Gasteiger partial charge in [0.15, 0.2) is 0 Å². The first-order chi connectivity index (χ1) is 6.29. The molecule has 0 N–H and O–H groups in total. The van der Waals surface area contributed by atoms with Crippen molar-refractivity contribution in [1.29, 1.82) is 0 Å². The van der Waals surface area contributed by atoms with Gasteiger partial charge >= 0.3 is 0 Å². The Balaban J connectivity index is 2.68. The van der Waals surface area contributed by atoms with E-state index in [-0.39, 0.29) is 0 Å². The van der Waals surface area contributed by atoms with Crippen molar-refractivity contribution < 1.29 is 4.39 Å². The van der Waals surface area contributed by atoms with Crippen LogP contribution in [0.25, 0.3) is 0 Å². The standard InChI is InChI=1S/C9H16FN3/c1-3-5-7-13-8(6-4-2)9(10)11-12-13/h3-7H2,1-2H3. The van der Waals surface area contributed by atoms with Gasteiger partial charge in [-0.3, -0.25) is 0 Å². The molecule has 0 aliphatic heterocycles. The quantitative estimate of drug-likeness (QED) is 0.703. The molecule has 0 radical (unpaired) electrons. The summed E-state index contributed by atoms with van der Waals surface area (Å²) in [6.07, 6.45) is 3.77. The molecule has 4 heteroatoms. The minimum Gasteiger partial charge on any atom is -0.246 e. The lowest BCUT2D eigenvalue weighted by Crippen LogP contribution is -2.05. The minimum absolute atomic E-state index is 0.405. The summed E-state index contributed by atoms with van der Waals surface area (Å²) in [5, 5.41) is 7.20. The average molecular weight is 185 g/mol. The van der Waals surface area contributed by atoms with Crippen LogP contribution in [0.15, 0.2) is 0 Å². The maximum Gasteiger partial charge on any atom is 0.255 e. The second kappa shape index (κ2) is 4.94. The molecule has 13 heavy (non-hydrogen) atoms. The lowest BCUT2D eigenvalue weighted by Gasteiger charge is -2.02. The van der Waals surface area contributed by atoms with E-state index in [9.17, 15) is 4.39 Å². The molecule has 1 heterocycles. The number of aryl methyl sites for hydroxylation is 1. The van der Waals surface area contributed by atoms with Gasteiger partial charge in [0.1, 0.15) is 0 Å². The molecule has 74 valence electrons. The maximum atomic E-state index is 13.0. The van der Waals surface area contributed by atoms with Crippen molar-refractivity contribution in [2.75, 3.05) is 0 Å².